The number of amides is 1. The zero-order chi connectivity index (χ0) is 23.6. The normalized spacial score (nSPS) is 16.0. The molecule has 0 aliphatic carbocycles. The van der Waals surface area contributed by atoms with Crippen molar-refractivity contribution in [2.45, 2.75) is 79.9 Å². The number of hydrogen-bond acceptors (Lipinski definition) is 6. The Morgan fingerprint density at radius 2 is 1.48 bits per heavy atom. The van der Waals surface area contributed by atoms with Gasteiger partial charge >= 0.3 is 11.9 Å². The van der Waals surface area contributed by atoms with Gasteiger partial charge in [0.2, 0.25) is 0 Å². The number of nitrogens with one attached hydrogen (secondary N) is 1. The minimum atomic E-state index is -0.581. The van der Waals surface area contributed by atoms with Crippen LogP contribution in [-0.4, -0.2) is 47.6 Å². The van der Waals surface area contributed by atoms with E-state index >= 15 is 0 Å². The number of aryl methyl sites for hydroxylation is 2. The van der Waals surface area contributed by atoms with Crippen LogP contribution >= 0.6 is 0 Å². The third-order valence-corrected chi connectivity index (χ3v) is 5.01. The average Bonchev–Trinajstić information content (AvgIpc) is 2.60. The highest BCUT2D eigenvalue weighted by molar-refractivity contribution is 5.98. The minimum Gasteiger partial charge on any atom is -0.456 e. The molecule has 0 spiro atoms. The number of esters is 1. The number of ether oxygens (including phenoxy) is 1. The number of rotatable bonds is 4. The second kappa shape index (κ2) is 9.39. The van der Waals surface area contributed by atoms with E-state index in [-0.39, 0.29) is 23.9 Å². The first-order valence-corrected chi connectivity index (χ1v) is 10.8. The molecule has 172 valence electrons. The van der Waals surface area contributed by atoms with E-state index in [1.165, 1.54) is 0 Å². The lowest BCUT2D eigenvalue weighted by molar-refractivity contribution is -0.204. The summed E-state index contributed by atoms with van der Waals surface area (Å²) in [7, 11) is 0. The SMILES string of the molecule is Cc1cc(C(=O)NC2CCN(OC(=O)C(C)(C)C)CC2)cc(C)c1C(=O)OC(C)(C)C. The Bertz CT molecular complexity index is 818. The van der Waals surface area contributed by atoms with Gasteiger partial charge in [0.15, 0.2) is 0 Å². The number of carbonyl (C=O) groups is 3. The van der Waals surface area contributed by atoms with Gasteiger partial charge in [-0.05, 0) is 91.5 Å². The van der Waals surface area contributed by atoms with Crippen molar-refractivity contribution in [3.63, 3.8) is 0 Å². The molecule has 2 rings (SSSR count). The van der Waals surface area contributed by atoms with Crippen molar-refractivity contribution in [1.82, 2.24) is 10.4 Å². The van der Waals surface area contributed by atoms with E-state index in [0.717, 1.165) is 0 Å². The molecule has 1 aromatic rings. The van der Waals surface area contributed by atoms with Crippen LogP contribution < -0.4 is 5.32 Å². The lowest BCUT2D eigenvalue weighted by Gasteiger charge is -2.32. The molecule has 0 radical (unpaired) electrons. The molecule has 1 N–H and O–H groups in total. The maximum absolute atomic E-state index is 12.8. The first-order chi connectivity index (χ1) is 14.2. The molecule has 0 atom stereocenters. The number of benzene rings is 1. The maximum Gasteiger partial charge on any atom is 0.339 e. The Morgan fingerprint density at radius 3 is 1.94 bits per heavy atom. The van der Waals surface area contributed by atoms with Crippen LogP contribution in [0, 0.1) is 19.3 Å². The third kappa shape index (κ3) is 7.06. The van der Waals surface area contributed by atoms with E-state index in [9.17, 15) is 14.4 Å². The van der Waals surface area contributed by atoms with Crippen LogP contribution in [-0.2, 0) is 14.4 Å². The molecular weight excluding hydrogens is 396 g/mol. The van der Waals surface area contributed by atoms with E-state index in [2.05, 4.69) is 5.32 Å². The molecule has 1 amide bonds. The lowest BCUT2D eigenvalue weighted by atomic mass is 9.97. The van der Waals surface area contributed by atoms with Crippen molar-refractivity contribution in [2.24, 2.45) is 5.41 Å². The molecule has 31 heavy (non-hydrogen) atoms. The molecule has 1 saturated heterocycles. The van der Waals surface area contributed by atoms with E-state index < -0.39 is 11.0 Å². The van der Waals surface area contributed by atoms with Crippen LogP contribution in [0.2, 0.25) is 0 Å². The molecule has 0 saturated carbocycles. The standard InChI is InChI=1S/C24H36N2O5/c1-15-13-17(14-16(2)19(15)21(28)30-24(6,7)8)20(27)25-18-9-11-26(12-10-18)31-22(29)23(3,4)5/h13-14,18H,9-12H2,1-8H3,(H,25,27). The zero-order valence-electron chi connectivity index (χ0n) is 20.0. The van der Waals surface area contributed by atoms with E-state index in [1.807, 2.05) is 55.4 Å². The number of hydrogen-bond donors (Lipinski definition) is 1. The number of carbonyl (C=O) groups excluding carboxylic acids is 3. The summed E-state index contributed by atoms with van der Waals surface area (Å²) in [6.07, 6.45) is 1.38. The fourth-order valence-electron chi connectivity index (χ4n) is 3.36. The number of hydroxylamine groups is 2. The van der Waals surface area contributed by atoms with Gasteiger partial charge in [0.05, 0.1) is 11.0 Å². The summed E-state index contributed by atoms with van der Waals surface area (Å²) in [6, 6.07) is 3.45. The molecule has 7 heteroatoms. The van der Waals surface area contributed by atoms with Gasteiger partial charge in [0.25, 0.3) is 5.91 Å². The first kappa shape index (κ1) is 24.9. The van der Waals surface area contributed by atoms with Crippen LogP contribution in [0.3, 0.4) is 0 Å². The number of piperidine rings is 1. The fourth-order valence-corrected chi connectivity index (χ4v) is 3.36. The molecule has 1 aliphatic rings. The second-order valence-corrected chi connectivity index (χ2v) is 10.3. The predicted octanol–water partition coefficient (Wildman–Crippen LogP) is 3.96. The summed E-state index contributed by atoms with van der Waals surface area (Å²) in [5, 5.41) is 4.73. The smallest absolute Gasteiger partial charge is 0.339 e. The Kier molecular flexibility index (Phi) is 7.53. The van der Waals surface area contributed by atoms with Crippen LogP contribution in [0.5, 0.6) is 0 Å². The Labute approximate surface area is 185 Å². The second-order valence-electron chi connectivity index (χ2n) is 10.3. The molecule has 0 unspecified atom stereocenters. The monoisotopic (exact) mass is 432 g/mol. The molecule has 1 fully saturated rings. The zero-order valence-corrected chi connectivity index (χ0v) is 20.0. The Hall–Kier alpha value is -2.41. The van der Waals surface area contributed by atoms with Crippen LogP contribution in [0.25, 0.3) is 0 Å². The van der Waals surface area contributed by atoms with Crippen molar-refractivity contribution >= 4 is 17.8 Å². The van der Waals surface area contributed by atoms with Crippen LogP contribution in [0.1, 0.15) is 86.2 Å². The van der Waals surface area contributed by atoms with Crippen molar-refractivity contribution < 1.29 is 24.0 Å². The molecular formula is C24H36N2O5. The van der Waals surface area contributed by atoms with Gasteiger partial charge in [0, 0.05) is 24.7 Å². The predicted molar refractivity (Wildman–Crippen MR) is 119 cm³/mol. The average molecular weight is 433 g/mol. The van der Waals surface area contributed by atoms with Gasteiger partial charge in [-0.3, -0.25) is 4.79 Å². The number of nitrogens with zero attached hydrogens (tertiary/aromatic N) is 1. The summed E-state index contributed by atoms with van der Waals surface area (Å²) in [5.41, 5.74) is 1.31. The largest absolute Gasteiger partial charge is 0.456 e. The quantitative estimate of drug-likeness (QED) is 0.725. The van der Waals surface area contributed by atoms with Crippen LogP contribution in [0.4, 0.5) is 0 Å². The van der Waals surface area contributed by atoms with Gasteiger partial charge in [-0.15, -0.1) is 5.06 Å². The van der Waals surface area contributed by atoms with Gasteiger partial charge in [0.1, 0.15) is 5.60 Å². The molecule has 0 aromatic heterocycles. The summed E-state index contributed by atoms with van der Waals surface area (Å²) < 4.78 is 5.49. The summed E-state index contributed by atoms with van der Waals surface area (Å²) in [4.78, 5) is 42.8. The van der Waals surface area contributed by atoms with Crippen molar-refractivity contribution in [2.75, 3.05) is 13.1 Å². The topological polar surface area (TPSA) is 84.9 Å². The van der Waals surface area contributed by atoms with E-state index in [1.54, 1.807) is 17.2 Å². The highest BCUT2D eigenvalue weighted by atomic mass is 16.7. The Morgan fingerprint density at radius 1 is 0.968 bits per heavy atom. The molecule has 1 aromatic carbocycles. The van der Waals surface area contributed by atoms with E-state index in [0.29, 0.717) is 48.2 Å². The van der Waals surface area contributed by atoms with Crippen LogP contribution in [0.15, 0.2) is 12.1 Å². The first-order valence-electron chi connectivity index (χ1n) is 10.8. The van der Waals surface area contributed by atoms with Crippen molar-refractivity contribution in [3.8, 4) is 0 Å². The summed E-state index contributed by atoms with van der Waals surface area (Å²) in [5.74, 6) is -0.815. The summed E-state index contributed by atoms with van der Waals surface area (Å²) >= 11 is 0. The lowest BCUT2D eigenvalue weighted by Crippen LogP contribution is -2.46. The fraction of sp³-hybridized carbons (Fsp3) is 0.625. The van der Waals surface area contributed by atoms with E-state index in [4.69, 9.17) is 9.57 Å². The highest BCUT2D eigenvalue weighted by Gasteiger charge is 2.29. The molecule has 7 nitrogen and oxygen atoms in total. The van der Waals surface area contributed by atoms with Gasteiger partial charge in [-0.1, -0.05) is 0 Å². The summed E-state index contributed by atoms with van der Waals surface area (Å²) in [6.45, 7) is 15.7. The molecule has 1 aliphatic heterocycles. The van der Waals surface area contributed by atoms with Gasteiger partial charge in [-0.2, -0.15) is 0 Å². The molecule has 1 heterocycles. The molecule has 0 bridgehead atoms. The third-order valence-electron chi connectivity index (χ3n) is 5.01. The minimum absolute atomic E-state index is 0.00299. The highest BCUT2D eigenvalue weighted by Crippen LogP contribution is 2.22. The van der Waals surface area contributed by atoms with Gasteiger partial charge < -0.3 is 14.9 Å². The van der Waals surface area contributed by atoms with Crippen molar-refractivity contribution in [1.29, 1.82) is 0 Å². The Balaban J connectivity index is 1.98. The maximum atomic E-state index is 12.8. The van der Waals surface area contributed by atoms with Crippen molar-refractivity contribution in [3.05, 3.63) is 34.4 Å². The van der Waals surface area contributed by atoms with Gasteiger partial charge in [-0.25, -0.2) is 9.59 Å².